The first-order valence-electron chi connectivity index (χ1n) is 5.57. The van der Waals surface area contributed by atoms with Crippen molar-refractivity contribution in [2.24, 2.45) is 7.05 Å². The van der Waals surface area contributed by atoms with Gasteiger partial charge in [-0.15, -0.1) is 0 Å². The zero-order chi connectivity index (χ0) is 12.3. The molecule has 16 heavy (non-hydrogen) atoms. The Labute approximate surface area is 109 Å². The van der Waals surface area contributed by atoms with Gasteiger partial charge in [0, 0.05) is 26.4 Å². The molecule has 0 aliphatic heterocycles. The maximum Gasteiger partial charge on any atom is 0.131 e. The molecular formula is C11H21ClN2SSi. The minimum atomic E-state index is -0.892. The van der Waals surface area contributed by atoms with Crippen LogP contribution in [0.25, 0.3) is 0 Å². The fourth-order valence-electron chi connectivity index (χ4n) is 1.39. The lowest BCUT2D eigenvalue weighted by atomic mass is 10.3. The van der Waals surface area contributed by atoms with Gasteiger partial charge in [0.2, 0.25) is 0 Å². The summed E-state index contributed by atoms with van der Waals surface area (Å²) in [6.07, 6.45) is 0. The van der Waals surface area contributed by atoms with Gasteiger partial charge >= 0.3 is 0 Å². The SMILES string of the molecule is Cc1nn(C)c(Cl)c1CSCC[Si](C)(C)C. The Morgan fingerprint density at radius 3 is 2.44 bits per heavy atom. The molecule has 92 valence electrons. The molecule has 1 aromatic heterocycles. The Hall–Kier alpha value is 0.0669. The highest BCUT2D eigenvalue weighted by atomic mass is 35.5. The lowest BCUT2D eigenvalue weighted by Gasteiger charge is -2.14. The molecule has 0 aliphatic carbocycles. The fraction of sp³-hybridized carbons (Fsp3) is 0.727. The van der Waals surface area contributed by atoms with Crippen molar-refractivity contribution < 1.29 is 0 Å². The largest absolute Gasteiger partial charge is 0.257 e. The van der Waals surface area contributed by atoms with Crippen molar-refractivity contribution in [2.45, 2.75) is 38.4 Å². The van der Waals surface area contributed by atoms with Gasteiger partial charge in [-0.1, -0.05) is 31.2 Å². The monoisotopic (exact) mass is 276 g/mol. The number of halogens is 1. The topological polar surface area (TPSA) is 17.8 Å². The minimum absolute atomic E-state index is 0.790. The van der Waals surface area contributed by atoms with E-state index in [1.807, 2.05) is 25.7 Å². The van der Waals surface area contributed by atoms with E-state index in [1.165, 1.54) is 17.4 Å². The highest BCUT2D eigenvalue weighted by Gasteiger charge is 2.14. The van der Waals surface area contributed by atoms with Crippen LogP contribution in [-0.4, -0.2) is 23.6 Å². The van der Waals surface area contributed by atoms with Crippen LogP contribution in [0, 0.1) is 6.92 Å². The molecule has 0 radical (unpaired) electrons. The van der Waals surface area contributed by atoms with E-state index in [9.17, 15) is 0 Å². The van der Waals surface area contributed by atoms with Gasteiger partial charge in [-0.05, 0) is 18.7 Å². The summed E-state index contributed by atoms with van der Waals surface area (Å²) in [5.74, 6) is 2.23. The summed E-state index contributed by atoms with van der Waals surface area (Å²) < 4.78 is 1.76. The number of aryl methyl sites for hydroxylation is 2. The molecule has 1 heterocycles. The van der Waals surface area contributed by atoms with Crippen LogP contribution in [0.15, 0.2) is 0 Å². The number of hydrogen-bond donors (Lipinski definition) is 0. The van der Waals surface area contributed by atoms with Crippen LogP contribution in [0.3, 0.4) is 0 Å². The van der Waals surface area contributed by atoms with E-state index < -0.39 is 8.07 Å². The third-order valence-electron chi connectivity index (χ3n) is 2.51. The van der Waals surface area contributed by atoms with Gasteiger partial charge in [-0.2, -0.15) is 16.9 Å². The summed E-state index contributed by atoms with van der Waals surface area (Å²) in [4.78, 5) is 0. The second-order valence-electron chi connectivity index (χ2n) is 5.34. The van der Waals surface area contributed by atoms with Crippen molar-refractivity contribution in [1.82, 2.24) is 9.78 Å². The summed E-state index contributed by atoms with van der Waals surface area (Å²) >= 11 is 8.15. The van der Waals surface area contributed by atoms with E-state index in [0.29, 0.717) is 0 Å². The summed E-state index contributed by atoms with van der Waals surface area (Å²) in [6.45, 7) is 9.27. The van der Waals surface area contributed by atoms with Crippen molar-refractivity contribution in [3.8, 4) is 0 Å². The summed E-state index contributed by atoms with van der Waals surface area (Å²) in [7, 11) is 1.00. The normalized spacial score (nSPS) is 12.1. The lowest BCUT2D eigenvalue weighted by Crippen LogP contribution is -2.19. The van der Waals surface area contributed by atoms with Crippen molar-refractivity contribution in [1.29, 1.82) is 0 Å². The molecule has 0 amide bonds. The van der Waals surface area contributed by atoms with Crippen molar-refractivity contribution in [3.05, 3.63) is 16.4 Å². The molecule has 0 aromatic carbocycles. The molecule has 0 atom stereocenters. The predicted octanol–water partition coefficient (Wildman–Crippen LogP) is 3.95. The first-order chi connectivity index (χ1) is 7.31. The molecule has 0 spiro atoms. The Morgan fingerprint density at radius 1 is 1.38 bits per heavy atom. The number of aromatic nitrogens is 2. The zero-order valence-electron chi connectivity index (χ0n) is 10.8. The van der Waals surface area contributed by atoms with Gasteiger partial charge in [0.25, 0.3) is 0 Å². The van der Waals surface area contributed by atoms with Gasteiger partial charge in [-0.25, -0.2) is 0 Å². The first kappa shape index (κ1) is 14.1. The van der Waals surface area contributed by atoms with Crippen molar-refractivity contribution in [2.75, 3.05) is 5.75 Å². The van der Waals surface area contributed by atoms with E-state index in [2.05, 4.69) is 24.7 Å². The maximum atomic E-state index is 6.18. The molecular weight excluding hydrogens is 256 g/mol. The van der Waals surface area contributed by atoms with Crippen LogP contribution in [-0.2, 0) is 12.8 Å². The standard InChI is InChI=1S/C11H21ClN2SSi/c1-9-10(11(12)14(2)13-9)8-15-6-7-16(3,4)5/h6-8H2,1-5H3. The summed E-state index contributed by atoms with van der Waals surface area (Å²) in [5.41, 5.74) is 2.26. The van der Waals surface area contributed by atoms with Crippen LogP contribution >= 0.6 is 23.4 Å². The van der Waals surface area contributed by atoms with E-state index in [0.717, 1.165) is 16.6 Å². The van der Waals surface area contributed by atoms with E-state index in [1.54, 1.807) is 4.68 Å². The molecule has 0 aliphatic rings. The third kappa shape index (κ3) is 4.15. The molecule has 5 heteroatoms. The molecule has 0 N–H and O–H groups in total. The molecule has 0 saturated heterocycles. The second kappa shape index (κ2) is 5.60. The number of nitrogens with zero attached hydrogens (tertiary/aromatic N) is 2. The minimum Gasteiger partial charge on any atom is -0.257 e. The predicted molar refractivity (Wildman–Crippen MR) is 77.3 cm³/mol. The number of thioether (sulfide) groups is 1. The van der Waals surface area contributed by atoms with Crippen LogP contribution in [0.5, 0.6) is 0 Å². The second-order valence-corrected chi connectivity index (χ2v) is 12.4. The summed E-state index contributed by atoms with van der Waals surface area (Å²) in [6, 6.07) is 1.37. The van der Waals surface area contributed by atoms with Crippen LogP contribution in [0.1, 0.15) is 11.3 Å². The van der Waals surface area contributed by atoms with Crippen LogP contribution in [0.2, 0.25) is 30.8 Å². The summed E-state index contributed by atoms with van der Waals surface area (Å²) in [5, 5.41) is 5.11. The van der Waals surface area contributed by atoms with E-state index in [-0.39, 0.29) is 0 Å². The lowest BCUT2D eigenvalue weighted by molar-refractivity contribution is 0.757. The molecule has 1 rings (SSSR count). The molecule has 0 unspecified atom stereocenters. The fourth-order valence-corrected chi connectivity index (χ4v) is 5.43. The van der Waals surface area contributed by atoms with E-state index >= 15 is 0 Å². The maximum absolute atomic E-state index is 6.18. The Balaban J connectivity index is 2.43. The van der Waals surface area contributed by atoms with Crippen LogP contribution < -0.4 is 0 Å². The quantitative estimate of drug-likeness (QED) is 0.599. The number of hydrogen-bond acceptors (Lipinski definition) is 2. The molecule has 0 saturated carbocycles. The average molecular weight is 277 g/mol. The Bertz CT molecular complexity index is 358. The van der Waals surface area contributed by atoms with Crippen molar-refractivity contribution in [3.63, 3.8) is 0 Å². The molecule has 0 bridgehead atoms. The van der Waals surface area contributed by atoms with Gasteiger partial charge < -0.3 is 0 Å². The van der Waals surface area contributed by atoms with Crippen molar-refractivity contribution >= 4 is 31.4 Å². The van der Waals surface area contributed by atoms with Gasteiger partial charge in [0.1, 0.15) is 5.15 Å². The van der Waals surface area contributed by atoms with Gasteiger partial charge in [0.15, 0.2) is 0 Å². The molecule has 0 fully saturated rings. The molecule has 2 nitrogen and oxygen atoms in total. The van der Waals surface area contributed by atoms with Crippen LogP contribution in [0.4, 0.5) is 0 Å². The Morgan fingerprint density at radius 2 is 2.00 bits per heavy atom. The van der Waals surface area contributed by atoms with E-state index in [4.69, 9.17) is 11.6 Å². The number of rotatable bonds is 5. The zero-order valence-corrected chi connectivity index (χ0v) is 13.4. The van der Waals surface area contributed by atoms with Gasteiger partial charge in [0.05, 0.1) is 5.69 Å². The third-order valence-corrected chi connectivity index (χ3v) is 6.08. The highest BCUT2D eigenvalue weighted by molar-refractivity contribution is 7.98. The smallest absolute Gasteiger partial charge is 0.131 e. The average Bonchev–Trinajstić information content (AvgIpc) is 2.36. The Kier molecular flexibility index (Phi) is 4.95. The molecule has 1 aromatic rings. The first-order valence-corrected chi connectivity index (χ1v) is 10.8. The van der Waals surface area contributed by atoms with Gasteiger partial charge in [-0.3, -0.25) is 4.68 Å². The highest BCUT2D eigenvalue weighted by Crippen LogP contribution is 2.25.